The Hall–Kier alpha value is -1.58. The molecule has 1 atom stereocenters. The van der Waals surface area contributed by atoms with Gasteiger partial charge in [-0.1, -0.05) is 0 Å². The van der Waals surface area contributed by atoms with E-state index in [2.05, 4.69) is 4.98 Å². The molecule has 1 aliphatic rings. The molecule has 1 aliphatic heterocycles. The van der Waals surface area contributed by atoms with Gasteiger partial charge in [-0.25, -0.2) is 12.8 Å². The summed E-state index contributed by atoms with van der Waals surface area (Å²) in [5, 5.41) is 9.00. The number of ether oxygens (including phenoxy) is 1. The van der Waals surface area contributed by atoms with Gasteiger partial charge in [-0.05, 0) is 6.07 Å². The molecular formula is C10H11FN2O5S. The molecule has 0 bridgehead atoms. The van der Waals surface area contributed by atoms with Crippen LogP contribution < -0.4 is 0 Å². The van der Waals surface area contributed by atoms with E-state index in [0.717, 1.165) is 22.8 Å². The number of halogens is 1. The van der Waals surface area contributed by atoms with Crippen molar-refractivity contribution in [3.63, 3.8) is 0 Å². The van der Waals surface area contributed by atoms with E-state index in [0.29, 0.717) is 0 Å². The number of hydrogen-bond acceptors (Lipinski definition) is 5. The fourth-order valence-electron chi connectivity index (χ4n) is 1.74. The van der Waals surface area contributed by atoms with Gasteiger partial charge in [0.05, 0.1) is 19.4 Å². The zero-order chi connectivity index (χ0) is 14.0. The van der Waals surface area contributed by atoms with Gasteiger partial charge in [0.1, 0.15) is 16.8 Å². The fourth-order valence-corrected chi connectivity index (χ4v) is 3.27. The third kappa shape index (κ3) is 2.72. The lowest BCUT2D eigenvalue weighted by Gasteiger charge is -2.31. The lowest BCUT2D eigenvalue weighted by molar-refractivity contribution is -0.146. The molecule has 1 fully saturated rings. The van der Waals surface area contributed by atoms with Gasteiger partial charge in [-0.2, -0.15) is 4.31 Å². The molecule has 104 valence electrons. The van der Waals surface area contributed by atoms with Crippen LogP contribution in [0.4, 0.5) is 4.39 Å². The quantitative estimate of drug-likeness (QED) is 0.820. The van der Waals surface area contributed by atoms with Gasteiger partial charge in [0.25, 0.3) is 0 Å². The van der Waals surface area contributed by atoms with Crippen LogP contribution in [0.2, 0.25) is 0 Å². The summed E-state index contributed by atoms with van der Waals surface area (Å²) in [6.07, 6.45) is 1.85. The Balaban J connectivity index is 2.40. The molecule has 0 aromatic carbocycles. The van der Waals surface area contributed by atoms with Gasteiger partial charge in [-0.3, -0.25) is 9.78 Å². The smallest absolute Gasteiger partial charge is 0.324 e. The monoisotopic (exact) mass is 290 g/mol. The number of nitrogens with zero attached hydrogens (tertiary/aromatic N) is 2. The van der Waals surface area contributed by atoms with Crippen LogP contribution in [0.25, 0.3) is 0 Å². The first-order valence-corrected chi connectivity index (χ1v) is 6.80. The maximum absolute atomic E-state index is 13.0. The van der Waals surface area contributed by atoms with Crippen molar-refractivity contribution in [2.45, 2.75) is 10.9 Å². The highest BCUT2D eigenvalue weighted by molar-refractivity contribution is 7.89. The third-order valence-corrected chi connectivity index (χ3v) is 4.52. The molecule has 1 unspecified atom stereocenters. The maximum Gasteiger partial charge on any atom is 0.324 e. The number of aromatic nitrogens is 1. The molecular weight excluding hydrogens is 279 g/mol. The first-order chi connectivity index (χ1) is 8.93. The summed E-state index contributed by atoms with van der Waals surface area (Å²) in [6.45, 7) is -0.251. The van der Waals surface area contributed by atoms with Gasteiger partial charge in [0.2, 0.25) is 10.0 Å². The van der Waals surface area contributed by atoms with Crippen LogP contribution in [0, 0.1) is 5.82 Å². The summed E-state index contributed by atoms with van der Waals surface area (Å²) < 4.78 is 43.3. The number of morpholine rings is 1. The molecule has 1 aromatic heterocycles. The summed E-state index contributed by atoms with van der Waals surface area (Å²) in [5.74, 6) is -2.12. The van der Waals surface area contributed by atoms with Crippen molar-refractivity contribution in [1.82, 2.24) is 9.29 Å². The third-order valence-electron chi connectivity index (χ3n) is 2.65. The average Bonchev–Trinajstić information content (AvgIpc) is 2.38. The van der Waals surface area contributed by atoms with Crippen molar-refractivity contribution in [2.24, 2.45) is 0 Å². The molecule has 19 heavy (non-hydrogen) atoms. The Bertz CT molecular complexity index is 591. The molecule has 7 nitrogen and oxygen atoms in total. The predicted molar refractivity (Wildman–Crippen MR) is 60.3 cm³/mol. The largest absolute Gasteiger partial charge is 0.480 e. The molecule has 9 heteroatoms. The zero-order valence-corrected chi connectivity index (χ0v) is 10.5. The van der Waals surface area contributed by atoms with Crippen molar-refractivity contribution in [3.8, 4) is 0 Å². The van der Waals surface area contributed by atoms with E-state index in [9.17, 15) is 17.6 Å². The van der Waals surface area contributed by atoms with Crippen LogP contribution in [-0.2, 0) is 19.6 Å². The van der Waals surface area contributed by atoms with E-state index < -0.39 is 27.9 Å². The molecule has 0 aliphatic carbocycles. The van der Waals surface area contributed by atoms with Gasteiger partial charge >= 0.3 is 5.97 Å². The summed E-state index contributed by atoms with van der Waals surface area (Å²) in [4.78, 5) is 14.1. The summed E-state index contributed by atoms with van der Waals surface area (Å²) in [7, 11) is -4.11. The topological polar surface area (TPSA) is 96.8 Å². The molecule has 0 amide bonds. The number of pyridine rings is 1. The van der Waals surface area contributed by atoms with Gasteiger partial charge < -0.3 is 9.84 Å². The van der Waals surface area contributed by atoms with E-state index in [1.54, 1.807) is 0 Å². The summed E-state index contributed by atoms with van der Waals surface area (Å²) >= 11 is 0. The first kappa shape index (κ1) is 13.8. The van der Waals surface area contributed by atoms with Gasteiger partial charge in [0.15, 0.2) is 0 Å². The van der Waals surface area contributed by atoms with E-state index in [4.69, 9.17) is 9.84 Å². The highest BCUT2D eigenvalue weighted by atomic mass is 32.2. The van der Waals surface area contributed by atoms with E-state index in [-0.39, 0.29) is 24.7 Å². The predicted octanol–water partition coefficient (Wildman–Crippen LogP) is -0.305. The number of aliphatic carboxylic acids is 1. The number of hydrogen-bond donors (Lipinski definition) is 1. The van der Waals surface area contributed by atoms with Gasteiger partial charge in [0, 0.05) is 12.7 Å². The number of rotatable bonds is 3. The van der Waals surface area contributed by atoms with Crippen LogP contribution in [-0.4, -0.2) is 54.6 Å². The van der Waals surface area contributed by atoms with Crippen molar-refractivity contribution < 1.29 is 27.4 Å². The lowest BCUT2D eigenvalue weighted by atomic mass is 10.3. The Morgan fingerprint density at radius 3 is 2.89 bits per heavy atom. The zero-order valence-electron chi connectivity index (χ0n) is 9.69. The number of carboxylic acid groups (broad SMARTS) is 1. The van der Waals surface area contributed by atoms with Crippen molar-refractivity contribution in [1.29, 1.82) is 0 Å². The van der Waals surface area contributed by atoms with Crippen molar-refractivity contribution in [2.75, 3.05) is 19.8 Å². The second-order valence-corrected chi connectivity index (χ2v) is 5.77. The Kier molecular flexibility index (Phi) is 3.78. The number of carbonyl (C=O) groups is 1. The minimum absolute atomic E-state index is 0.0890. The molecule has 0 radical (unpaired) electrons. The van der Waals surface area contributed by atoms with E-state index >= 15 is 0 Å². The lowest BCUT2D eigenvalue weighted by Crippen LogP contribution is -2.52. The minimum Gasteiger partial charge on any atom is -0.480 e. The molecule has 2 rings (SSSR count). The van der Waals surface area contributed by atoms with Crippen molar-refractivity contribution in [3.05, 3.63) is 24.3 Å². The average molecular weight is 290 g/mol. The number of sulfonamides is 1. The molecule has 1 N–H and O–H groups in total. The van der Waals surface area contributed by atoms with Crippen LogP contribution in [0.5, 0.6) is 0 Å². The SMILES string of the molecule is O=C(O)C1COCCN1S(=O)(=O)c1cncc(F)c1. The molecule has 0 saturated carbocycles. The highest BCUT2D eigenvalue weighted by Gasteiger charge is 2.38. The molecule has 0 spiro atoms. The summed E-state index contributed by atoms with van der Waals surface area (Å²) in [6, 6.07) is -0.515. The Morgan fingerprint density at radius 2 is 2.26 bits per heavy atom. The van der Waals surface area contributed by atoms with E-state index in [1.165, 1.54) is 0 Å². The second kappa shape index (κ2) is 5.19. The second-order valence-electron chi connectivity index (χ2n) is 3.88. The molecule has 2 heterocycles. The Labute approximate surface area is 108 Å². The summed E-state index contributed by atoms with van der Waals surface area (Å²) in [5.41, 5.74) is 0. The van der Waals surface area contributed by atoms with Crippen LogP contribution in [0.3, 0.4) is 0 Å². The van der Waals surface area contributed by atoms with Crippen LogP contribution >= 0.6 is 0 Å². The standard InChI is InChI=1S/C10H11FN2O5S/c11-7-3-8(5-12-4-7)19(16,17)13-1-2-18-6-9(13)10(14)15/h3-5,9H,1-2,6H2,(H,14,15). The van der Waals surface area contributed by atoms with Gasteiger partial charge in [-0.15, -0.1) is 0 Å². The van der Waals surface area contributed by atoms with E-state index in [1.807, 2.05) is 0 Å². The maximum atomic E-state index is 13.0. The Morgan fingerprint density at radius 1 is 1.53 bits per heavy atom. The number of carboxylic acids is 1. The van der Waals surface area contributed by atoms with Crippen LogP contribution in [0.15, 0.2) is 23.4 Å². The van der Waals surface area contributed by atoms with Crippen molar-refractivity contribution >= 4 is 16.0 Å². The fraction of sp³-hybridized carbons (Fsp3) is 0.400. The normalized spacial score (nSPS) is 21.2. The molecule has 1 saturated heterocycles. The minimum atomic E-state index is -4.11. The first-order valence-electron chi connectivity index (χ1n) is 5.36. The molecule has 1 aromatic rings. The van der Waals surface area contributed by atoms with Crippen LogP contribution in [0.1, 0.15) is 0 Å². The highest BCUT2D eigenvalue weighted by Crippen LogP contribution is 2.20.